The summed E-state index contributed by atoms with van der Waals surface area (Å²) in [5.41, 5.74) is 6.43. The first kappa shape index (κ1) is 38.9. The molecule has 0 aliphatic carbocycles. The third kappa shape index (κ3) is 8.31. The molecule has 4 aliphatic heterocycles. The van der Waals surface area contributed by atoms with Gasteiger partial charge in [0.15, 0.2) is 5.82 Å². The minimum Gasteiger partial charge on any atom is -0.381 e. The number of anilines is 3. The number of nitrogens with one attached hydrogen (secondary N) is 4. The fourth-order valence-corrected chi connectivity index (χ4v) is 8.62. The molecule has 3 fully saturated rings. The fraction of sp³-hybridized carbons (Fsp3) is 0.326. The van der Waals surface area contributed by atoms with E-state index in [4.69, 9.17) is 4.74 Å². The van der Waals surface area contributed by atoms with Gasteiger partial charge < -0.3 is 25.2 Å². The van der Waals surface area contributed by atoms with Gasteiger partial charge in [-0.2, -0.15) is 5.10 Å². The van der Waals surface area contributed by atoms with Gasteiger partial charge in [0, 0.05) is 85.2 Å². The van der Waals surface area contributed by atoms with Gasteiger partial charge in [0.1, 0.15) is 17.7 Å². The van der Waals surface area contributed by atoms with Crippen molar-refractivity contribution in [3.63, 3.8) is 0 Å². The van der Waals surface area contributed by atoms with E-state index in [0.717, 1.165) is 72.9 Å². The van der Waals surface area contributed by atoms with Crippen LogP contribution < -0.4 is 20.9 Å². The normalized spacial score (nSPS) is 18.6. The van der Waals surface area contributed by atoms with Crippen molar-refractivity contribution < 1.29 is 32.7 Å². The third-order valence-corrected chi connectivity index (χ3v) is 11.8. The van der Waals surface area contributed by atoms with E-state index >= 15 is 0 Å². The smallest absolute Gasteiger partial charge is 0.258 e. The number of H-pyrrole nitrogens is 1. The summed E-state index contributed by atoms with van der Waals surface area (Å²) in [5, 5.41) is 17.0. The number of fused-ring (bicyclic) bond motifs is 2. The zero-order valence-corrected chi connectivity index (χ0v) is 32.8. The van der Waals surface area contributed by atoms with Crippen molar-refractivity contribution in [3.8, 4) is 11.8 Å². The molecule has 9 rings (SSSR count). The number of amides is 4. The van der Waals surface area contributed by atoms with Crippen LogP contribution in [0.25, 0.3) is 10.9 Å². The number of hydrogen-bond acceptors (Lipinski definition) is 8. The average molecular weight is 812 g/mol. The Labute approximate surface area is 345 Å². The number of piperidine rings is 2. The van der Waals surface area contributed by atoms with Crippen LogP contribution in [0.5, 0.6) is 0 Å². The highest BCUT2D eigenvalue weighted by atomic mass is 19.1. The quantitative estimate of drug-likeness (QED) is 0.105. The van der Waals surface area contributed by atoms with Crippen molar-refractivity contribution in [2.24, 2.45) is 5.92 Å². The maximum absolute atomic E-state index is 14.0. The summed E-state index contributed by atoms with van der Waals surface area (Å²) in [5.74, 6) is 4.77. The molecular formula is C46H43F2N7O5. The van der Waals surface area contributed by atoms with Crippen LogP contribution in [0, 0.1) is 29.4 Å². The van der Waals surface area contributed by atoms with Crippen LogP contribution in [0.1, 0.15) is 81.5 Å². The molecule has 0 saturated carbocycles. The van der Waals surface area contributed by atoms with Crippen LogP contribution in [-0.4, -0.2) is 77.1 Å². The molecule has 12 nitrogen and oxygen atoms in total. The first-order chi connectivity index (χ1) is 29.1. The molecule has 14 heteroatoms. The lowest BCUT2D eigenvalue weighted by Crippen LogP contribution is -2.52. The SMILES string of the molecule is O=C1CCC(N2Cc3cc(C#CC4CCN(c5ccc(C(=O)Nc6n[nH]c7ccc(Cc8cc(F)cc(F)c8)cc67)c(NC6CCOCC6)c5)CC4)ccc3C2=O)C(=O)N1. The summed E-state index contributed by atoms with van der Waals surface area (Å²) in [7, 11) is 0. The van der Waals surface area contributed by atoms with Gasteiger partial charge in [-0.05, 0) is 116 Å². The maximum atomic E-state index is 14.0. The van der Waals surface area contributed by atoms with Crippen LogP contribution in [0.15, 0.2) is 72.8 Å². The molecule has 0 radical (unpaired) electrons. The van der Waals surface area contributed by atoms with Gasteiger partial charge in [0.05, 0.1) is 11.1 Å². The Morgan fingerprint density at radius 3 is 2.47 bits per heavy atom. The van der Waals surface area contributed by atoms with E-state index in [-0.39, 0.29) is 36.1 Å². The van der Waals surface area contributed by atoms with Gasteiger partial charge in [-0.3, -0.25) is 29.6 Å². The number of imide groups is 1. The Hall–Kier alpha value is -6.59. The minimum atomic E-state index is -0.655. The number of aromatic amines is 1. The lowest BCUT2D eigenvalue weighted by Gasteiger charge is -2.33. The molecule has 4 aromatic carbocycles. The number of benzene rings is 4. The Balaban J connectivity index is 0.870. The van der Waals surface area contributed by atoms with Crippen molar-refractivity contribution in [1.29, 1.82) is 0 Å². The number of hydrogen-bond donors (Lipinski definition) is 4. The van der Waals surface area contributed by atoms with Gasteiger partial charge in [0.2, 0.25) is 11.8 Å². The van der Waals surface area contributed by atoms with E-state index in [1.165, 1.54) is 12.1 Å². The van der Waals surface area contributed by atoms with Crippen LogP contribution in [0.3, 0.4) is 0 Å². The first-order valence-corrected chi connectivity index (χ1v) is 20.4. The second kappa shape index (κ2) is 16.6. The van der Waals surface area contributed by atoms with Gasteiger partial charge in [0.25, 0.3) is 11.8 Å². The topological polar surface area (TPSA) is 149 Å². The van der Waals surface area contributed by atoms with Gasteiger partial charge in [-0.1, -0.05) is 17.9 Å². The number of nitrogens with zero attached hydrogens (tertiary/aromatic N) is 3. The van der Waals surface area contributed by atoms with Crippen molar-refractivity contribution in [1.82, 2.24) is 20.4 Å². The predicted molar refractivity (Wildman–Crippen MR) is 221 cm³/mol. The summed E-state index contributed by atoms with van der Waals surface area (Å²) in [6.45, 7) is 3.16. The largest absolute Gasteiger partial charge is 0.381 e. The van der Waals surface area contributed by atoms with E-state index < -0.39 is 23.6 Å². The molecule has 5 aromatic rings. The van der Waals surface area contributed by atoms with E-state index in [2.05, 4.69) is 42.9 Å². The molecule has 1 aromatic heterocycles. The third-order valence-electron chi connectivity index (χ3n) is 11.8. The summed E-state index contributed by atoms with van der Waals surface area (Å²) in [6.07, 6.45) is 4.18. The Kier molecular flexibility index (Phi) is 10.7. The summed E-state index contributed by atoms with van der Waals surface area (Å²) >= 11 is 0. The first-order valence-electron chi connectivity index (χ1n) is 20.4. The number of aromatic nitrogens is 2. The molecule has 4 N–H and O–H groups in total. The Morgan fingerprint density at radius 2 is 1.68 bits per heavy atom. The van der Waals surface area contributed by atoms with Crippen molar-refractivity contribution in [2.75, 3.05) is 41.8 Å². The number of ether oxygens (including phenoxy) is 1. The molecule has 306 valence electrons. The Bertz CT molecular complexity index is 2560. The monoisotopic (exact) mass is 811 g/mol. The zero-order chi connectivity index (χ0) is 41.3. The van der Waals surface area contributed by atoms with E-state index in [9.17, 15) is 28.0 Å². The molecule has 5 heterocycles. The molecule has 1 atom stereocenters. The summed E-state index contributed by atoms with van der Waals surface area (Å²) in [6, 6.07) is 19.9. The highest BCUT2D eigenvalue weighted by Gasteiger charge is 2.39. The number of halogens is 2. The molecule has 0 spiro atoms. The second-order valence-corrected chi connectivity index (χ2v) is 15.9. The number of carbonyl (C=O) groups is 4. The number of rotatable bonds is 8. The van der Waals surface area contributed by atoms with E-state index in [1.54, 1.807) is 11.0 Å². The highest BCUT2D eigenvalue weighted by molar-refractivity contribution is 6.11. The van der Waals surface area contributed by atoms with Gasteiger partial charge in [-0.25, -0.2) is 8.78 Å². The van der Waals surface area contributed by atoms with E-state index in [0.29, 0.717) is 66.0 Å². The van der Waals surface area contributed by atoms with E-state index in [1.807, 2.05) is 48.5 Å². The molecule has 4 aliphatic rings. The molecular weight excluding hydrogens is 769 g/mol. The molecule has 4 amide bonds. The van der Waals surface area contributed by atoms with Gasteiger partial charge in [-0.15, -0.1) is 0 Å². The van der Waals surface area contributed by atoms with Crippen LogP contribution in [0.4, 0.5) is 26.0 Å². The maximum Gasteiger partial charge on any atom is 0.258 e. The van der Waals surface area contributed by atoms with Crippen LogP contribution in [-0.2, 0) is 27.3 Å². The average Bonchev–Trinajstić information content (AvgIpc) is 3.79. The summed E-state index contributed by atoms with van der Waals surface area (Å²) in [4.78, 5) is 55.0. The lowest BCUT2D eigenvalue weighted by atomic mass is 9.96. The molecule has 60 heavy (non-hydrogen) atoms. The zero-order valence-electron chi connectivity index (χ0n) is 32.8. The highest BCUT2D eigenvalue weighted by Crippen LogP contribution is 2.32. The molecule has 3 saturated heterocycles. The minimum absolute atomic E-state index is 0.140. The fourth-order valence-electron chi connectivity index (χ4n) is 8.62. The summed E-state index contributed by atoms with van der Waals surface area (Å²) < 4.78 is 33.3. The lowest BCUT2D eigenvalue weighted by molar-refractivity contribution is -0.136. The molecule has 0 bridgehead atoms. The Morgan fingerprint density at radius 1 is 0.883 bits per heavy atom. The van der Waals surface area contributed by atoms with Crippen LogP contribution >= 0.6 is 0 Å². The second-order valence-electron chi connectivity index (χ2n) is 15.9. The van der Waals surface area contributed by atoms with Crippen LogP contribution in [0.2, 0.25) is 0 Å². The van der Waals surface area contributed by atoms with Crippen molar-refractivity contribution in [2.45, 2.75) is 63.6 Å². The van der Waals surface area contributed by atoms with Crippen molar-refractivity contribution in [3.05, 3.63) is 118 Å². The standard InChI is InChI=1S/C46H43F2N7O5/c47-32-21-30(22-33(48)24-32)19-29-4-8-39-38(23-29)43(53-52-39)51-44(57)37-7-5-35(25-40(37)49-34-13-17-60-18-14-34)54-15-11-27(12-16-54)1-2-28-3-6-36-31(20-28)26-55(46(36)59)41-9-10-42(56)50-45(41)58/h3-8,20-25,27,34,41,49H,9-19,26H2,(H,50,56,58)(H2,51,52,53,57). The van der Waals surface area contributed by atoms with Crippen molar-refractivity contribution >= 4 is 51.7 Å². The number of carbonyl (C=O) groups excluding carboxylic acids is 4. The molecule has 1 unspecified atom stereocenters. The predicted octanol–water partition coefficient (Wildman–Crippen LogP) is 6.30. The van der Waals surface area contributed by atoms with Gasteiger partial charge >= 0.3 is 0 Å².